The number of nitrogens with zero attached hydrogens (tertiary/aromatic N) is 2. The van der Waals surface area contributed by atoms with Gasteiger partial charge in [-0.1, -0.05) is 54.6 Å². The van der Waals surface area contributed by atoms with E-state index in [9.17, 15) is 0 Å². The van der Waals surface area contributed by atoms with Crippen molar-refractivity contribution in [2.75, 3.05) is 17.6 Å². The van der Waals surface area contributed by atoms with Gasteiger partial charge in [-0.2, -0.15) is 0 Å². The van der Waals surface area contributed by atoms with Gasteiger partial charge in [0.2, 0.25) is 0 Å². The fourth-order valence-electron chi connectivity index (χ4n) is 3.08. The van der Waals surface area contributed by atoms with Gasteiger partial charge < -0.3 is 11.1 Å². The molecule has 0 spiro atoms. The predicted octanol–water partition coefficient (Wildman–Crippen LogP) is 4.53. The summed E-state index contributed by atoms with van der Waals surface area (Å²) in [5.74, 6) is 0.821. The third-order valence-corrected chi connectivity index (χ3v) is 4.40. The zero-order valence-electron chi connectivity index (χ0n) is 14.4. The van der Waals surface area contributed by atoms with E-state index in [0.29, 0.717) is 5.69 Å². The van der Waals surface area contributed by atoms with Crippen molar-refractivity contribution in [1.29, 1.82) is 0 Å². The van der Waals surface area contributed by atoms with Gasteiger partial charge in [-0.25, -0.2) is 9.97 Å². The van der Waals surface area contributed by atoms with Gasteiger partial charge in [0.1, 0.15) is 12.1 Å². The normalized spacial score (nSPS) is 10.8. The molecule has 1 aromatic heterocycles. The van der Waals surface area contributed by atoms with Gasteiger partial charge in [-0.3, -0.25) is 0 Å². The van der Waals surface area contributed by atoms with Crippen LogP contribution in [0.5, 0.6) is 0 Å². The molecule has 128 valence electrons. The number of nitrogens with two attached hydrogens (primary N) is 1. The van der Waals surface area contributed by atoms with Crippen molar-refractivity contribution >= 4 is 22.4 Å². The van der Waals surface area contributed by atoms with Crippen molar-refractivity contribution in [2.45, 2.75) is 6.42 Å². The summed E-state index contributed by atoms with van der Waals surface area (Å²) in [7, 11) is 0. The summed E-state index contributed by atoms with van der Waals surface area (Å²) < 4.78 is 0. The number of aromatic nitrogens is 2. The third-order valence-electron chi connectivity index (χ3n) is 4.40. The standard InChI is InChI=1S/C22H20N4/c23-19-9-10-21-20(14-19)22(26-15-25-21)24-12-11-16-5-4-8-18(13-16)17-6-2-1-3-7-17/h1-10,13-15H,11-12,23H2,(H,24,25,26). The van der Waals surface area contributed by atoms with E-state index >= 15 is 0 Å². The third kappa shape index (κ3) is 3.49. The SMILES string of the molecule is Nc1ccc2ncnc(NCCc3cccc(-c4ccccc4)c3)c2c1. The van der Waals surface area contributed by atoms with Gasteiger partial charge in [0.05, 0.1) is 5.52 Å². The molecule has 0 amide bonds. The second-order valence-corrected chi connectivity index (χ2v) is 6.24. The highest BCUT2D eigenvalue weighted by Gasteiger charge is 2.04. The fraction of sp³-hybridized carbons (Fsp3) is 0.0909. The zero-order chi connectivity index (χ0) is 17.8. The molecule has 0 saturated heterocycles. The van der Waals surface area contributed by atoms with Gasteiger partial charge in [0, 0.05) is 17.6 Å². The first kappa shape index (κ1) is 16.1. The maximum absolute atomic E-state index is 5.90. The number of hydrogen-bond acceptors (Lipinski definition) is 4. The second kappa shape index (κ2) is 7.23. The van der Waals surface area contributed by atoms with E-state index in [1.807, 2.05) is 24.3 Å². The molecule has 0 aliphatic rings. The van der Waals surface area contributed by atoms with Crippen LogP contribution in [0.25, 0.3) is 22.0 Å². The minimum Gasteiger partial charge on any atom is -0.399 e. The average Bonchev–Trinajstić information content (AvgIpc) is 2.69. The van der Waals surface area contributed by atoms with Gasteiger partial charge in [-0.05, 0) is 41.3 Å². The van der Waals surface area contributed by atoms with Gasteiger partial charge in [0.15, 0.2) is 0 Å². The molecule has 3 N–H and O–H groups in total. The Morgan fingerprint density at radius 3 is 2.54 bits per heavy atom. The minimum absolute atomic E-state index is 0.714. The molecule has 1 heterocycles. The molecule has 0 aliphatic heterocycles. The molecule has 4 aromatic rings. The van der Waals surface area contributed by atoms with Crippen LogP contribution in [0.15, 0.2) is 79.1 Å². The quantitative estimate of drug-likeness (QED) is 0.524. The highest BCUT2D eigenvalue weighted by molar-refractivity contribution is 5.91. The Hall–Kier alpha value is -3.40. The molecular formula is C22H20N4. The van der Waals surface area contributed by atoms with E-state index in [1.54, 1.807) is 6.33 Å². The van der Waals surface area contributed by atoms with Crippen LogP contribution in [0, 0.1) is 0 Å². The van der Waals surface area contributed by atoms with E-state index in [0.717, 1.165) is 29.7 Å². The summed E-state index contributed by atoms with van der Waals surface area (Å²) in [4.78, 5) is 8.65. The number of nitrogens with one attached hydrogen (secondary N) is 1. The lowest BCUT2D eigenvalue weighted by atomic mass is 10.0. The first-order valence-corrected chi connectivity index (χ1v) is 8.68. The van der Waals surface area contributed by atoms with Crippen molar-refractivity contribution in [3.05, 3.63) is 84.7 Å². The summed E-state index contributed by atoms with van der Waals surface area (Å²) in [6, 6.07) is 24.8. The average molecular weight is 340 g/mol. The molecule has 0 fully saturated rings. The lowest BCUT2D eigenvalue weighted by Crippen LogP contribution is -2.07. The Balaban J connectivity index is 1.48. The molecule has 0 saturated carbocycles. The summed E-state index contributed by atoms with van der Waals surface area (Å²) in [6.07, 6.45) is 2.49. The maximum atomic E-state index is 5.90. The van der Waals surface area contributed by atoms with Crippen molar-refractivity contribution < 1.29 is 0 Å². The number of hydrogen-bond donors (Lipinski definition) is 2. The van der Waals surface area contributed by atoms with E-state index in [1.165, 1.54) is 16.7 Å². The number of nitrogen functional groups attached to an aromatic ring is 1. The fourth-order valence-corrected chi connectivity index (χ4v) is 3.08. The van der Waals surface area contributed by atoms with Crippen LogP contribution >= 0.6 is 0 Å². The van der Waals surface area contributed by atoms with Crippen molar-refractivity contribution in [3.8, 4) is 11.1 Å². The van der Waals surface area contributed by atoms with Gasteiger partial charge in [0.25, 0.3) is 0 Å². The Kier molecular flexibility index (Phi) is 4.48. The number of fused-ring (bicyclic) bond motifs is 1. The predicted molar refractivity (Wildman–Crippen MR) is 108 cm³/mol. The molecule has 0 atom stereocenters. The molecule has 3 aromatic carbocycles. The van der Waals surface area contributed by atoms with Crippen LogP contribution < -0.4 is 11.1 Å². The smallest absolute Gasteiger partial charge is 0.137 e. The van der Waals surface area contributed by atoms with Gasteiger partial charge >= 0.3 is 0 Å². The Morgan fingerprint density at radius 2 is 1.65 bits per heavy atom. The van der Waals surface area contributed by atoms with Crippen LogP contribution in [0.2, 0.25) is 0 Å². The topological polar surface area (TPSA) is 63.8 Å². The molecular weight excluding hydrogens is 320 g/mol. The summed E-state index contributed by atoms with van der Waals surface area (Å²) in [5, 5.41) is 4.37. The highest BCUT2D eigenvalue weighted by Crippen LogP contribution is 2.22. The molecule has 0 aliphatic carbocycles. The van der Waals surface area contributed by atoms with Crippen LogP contribution in [-0.4, -0.2) is 16.5 Å². The van der Waals surface area contributed by atoms with Crippen LogP contribution in [-0.2, 0) is 6.42 Å². The van der Waals surface area contributed by atoms with E-state index in [-0.39, 0.29) is 0 Å². The van der Waals surface area contributed by atoms with Crippen molar-refractivity contribution in [2.24, 2.45) is 0 Å². The second-order valence-electron chi connectivity index (χ2n) is 6.24. The highest BCUT2D eigenvalue weighted by atomic mass is 15.0. The number of anilines is 2. The maximum Gasteiger partial charge on any atom is 0.137 e. The molecule has 0 radical (unpaired) electrons. The molecule has 4 nitrogen and oxygen atoms in total. The van der Waals surface area contributed by atoms with Crippen molar-refractivity contribution in [3.63, 3.8) is 0 Å². The minimum atomic E-state index is 0.714. The summed E-state index contributed by atoms with van der Waals surface area (Å²) >= 11 is 0. The van der Waals surface area contributed by atoms with Crippen molar-refractivity contribution in [1.82, 2.24) is 9.97 Å². The molecule has 0 unspecified atom stereocenters. The Labute approximate surface area is 152 Å². The van der Waals surface area contributed by atoms with E-state index < -0.39 is 0 Å². The lowest BCUT2D eigenvalue weighted by molar-refractivity contribution is 1.01. The number of rotatable bonds is 5. The molecule has 4 rings (SSSR count). The van der Waals surface area contributed by atoms with Crippen LogP contribution in [0.4, 0.5) is 11.5 Å². The summed E-state index contributed by atoms with van der Waals surface area (Å²) in [5.41, 5.74) is 11.3. The largest absolute Gasteiger partial charge is 0.399 e. The molecule has 4 heteroatoms. The Morgan fingerprint density at radius 1 is 0.808 bits per heavy atom. The summed E-state index contributed by atoms with van der Waals surface area (Å²) in [6.45, 7) is 0.791. The monoisotopic (exact) mass is 340 g/mol. The Bertz CT molecular complexity index is 1030. The van der Waals surface area contributed by atoms with Crippen LogP contribution in [0.1, 0.15) is 5.56 Å². The molecule has 0 bridgehead atoms. The first-order chi connectivity index (χ1) is 12.8. The zero-order valence-corrected chi connectivity index (χ0v) is 14.4. The lowest BCUT2D eigenvalue weighted by Gasteiger charge is -2.10. The van der Waals surface area contributed by atoms with Gasteiger partial charge in [-0.15, -0.1) is 0 Å². The van der Waals surface area contributed by atoms with E-state index in [2.05, 4.69) is 63.8 Å². The van der Waals surface area contributed by atoms with Crippen LogP contribution in [0.3, 0.4) is 0 Å². The first-order valence-electron chi connectivity index (χ1n) is 8.68. The number of benzene rings is 3. The molecule has 26 heavy (non-hydrogen) atoms. The van der Waals surface area contributed by atoms with E-state index in [4.69, 9.17) is 5.73 Å².